The molecule has 0 aromatic heterocycles. The van der Waals surface area contributed by atoms with E-state index in [1.54, 1.807) is 0 Å². The van der Waals surface area contributed by atoms with E-state index < -0.39 is 0 Å². The summed E-state index contributed by atoms with van der Waals surface area (Å²) >= 11 is 0. The van der Waals surface area contributed by atoms with E-state index in [0.29, 0.717) is 17.7 Å². The van der Waals surface area contributed by atoms with Crippen LogP contribution in [0.1, 0.15) is 45.4 Å². The molecule has 3 saturated heterocycles. The Kier molecular flexibility index (Phi) is 7.35. The molecule has 3 fully saturated rings. The zero-order valence-electron chi connectivity index (χ0n) is 14.8. The Bertz CT molecular complexity index is 432. The first-order valence-corrected chi connectivity index (χ1v) is 9.43. The highest BCUT2D eigenvalue weighted by Gasteiger charge is 2.33. The zero-order chi connectivity index (χ0) is 16.2. The highest BCUT2D eigenvalue weighted by Crippen LogP contribution is 2.25. The van der Waals surface area contributed by atoms with Crippen LogP contribution in [0.5, 0.6) is 0 Å². The van der Waals surface area contributed by atoms with Crippen molar-refractivity contribution in [1.82, 2.24) is 15.1 Å². The van der Waals surface area contributed by atoms with Crippen LogP contribution in [-0.2, 0) is 9.59 Å². The smallest absolute Gasteiger partial charge is 0.226 e. The predicted octanol–water partition coefficient (Wildman–Crippen LogP) is 1.90. The van der Waals surface area contributed by atoms with Crippen LogP contribution in [-0.4, -0.2) is 60.9 Å². The SMILES string of the molecule is CC1CCCN(C(=O)C2CCN(C(=O)C3CCCNC3)CC2)C1.Cl. The van der Waals surface area contributed by atoms with Gasteiger partial charge in [-0.05, 0) is 51.0 Å². The molecule has 1 N–H and O–H groups in total. The van der Waals surface area contributed by atoms with Crippen LogP contribution in [0.25, 0.3) is 0 Å². The summed E-state index contributed by atoms with van der Waals surface area (Å²) in [6.45, 7) is 7.46. The summed E-state index contributed by atoms with van der Waals surface area (Å²) in [6, 6.07) is 0. The first-order chi connectivity index (χ1) is 11.1. The number of carbonyl (C=O) groups excluding carboxylic acids is 2. The van der Waals surface area contributed by atoms with Gasteiger partial charge >= 0.3 is 0 Å². The van der Waals surface area contributed by atoms with Gasteiger partial charge in [0.25, 0.3) is 0 Å². The van der Waals surface area contributed by atoms with Gasteiger partial charge in [0, 0.05) is 38.6 Å². The molecule has 24 heavy (non-hydrogen) atoms. The average molecular weight is 358 g/mol. The van der Waals surface area contributed by atoms with Crippen molar-refractivity contribution in [2.24, 2.45) is 17.8 Å². The summed E-state index contributed by atoms with van der Waals surface area (Å²) < 4.78 is 0. The molecule has 2 amide bonds. The van der Waals surface area contributed by atoms with Crippen molar-refractivity contribution in [2.75, 3.05) is 39.3 Å². The van der Waals surface area contributed by atoms with E-state index in [9.17, 15) is 9.59 Å². The molecule has 3 heterocycles. The largest absolute Gasteiger partial charge is 0.342 e. The normalized spacial score (nSPS) is 29.0. The van der Waals surface area contributed by atoms with Crippen molar-refractivity contribution >= 4 is 24.2 Å². The van der Waals surface area contributed by atoms with Crippen molar-refractivity contribution in [2.45, 2.75) is 45.4 Å². The van der Waals surface area contributed by atoms with E-state index in [2.05, 4.69) is 17.1 Å². The Morgan fingerprint density at radius 1 is 0.875 bits per heavy atom. The minimum Gasteiger partial charge on any atom is -0.342 e. The van der Waals surface area contributed by atoms with Gasteiger partial charge in [0.2, 0.25) is 11.8 Å². The summed E-state index contributed by atoms with van der Waals surface area (Å²) in [6.07, 6.45) is 6.17. The molecule has 3 aliphatic heterocycles. The number of amides is 2. The lowest BCUT2D eigenvalue weighted by Crippen LogP contribution is -2.49. The molecule has 0 saturated carbocycles. The quantitative estimate of drug-likeness (QED) is 0.821. The maximum Gasteiger partial charge on any atom is 0.226 e. The molecular weight excluding hydrogens is 326 g/mol. The van der Waals surface area contributed by atoms with Gasteiger partial charge in [-0.3, -0.25) is 9.59 Å². The van der Waals surface area contributed by atoms with Crippen LogP contribution in [0, 0.1) is 17.8 Å². The van der Waals surface area contributed by atoms with E-state index in [1.807, 2.05) is 4.90 Å². The van der Waals surface area contributed by atoms with Crippen molar-refractivity contribution in [3.63, 3.8) is 0 Å². The van der Waals surface area contributed by atoms with E-state index >= 15 is 0 Å². The van der Waals surface area contributed by atoms with Crippen molar-refractivity contribution in [3.05, 3.63) is 0 Å². The first-order valence-electron chi connectivity index (χ1n) is 9.43. The van der Waals surface area contributed by atoms with Crippen LogP contribution >= 0.6 is 12.4 Å². The van der Waals surface area contributed by atoms with Crippen LogP contribution < -0.4 is 5.32 Å². The Labute approximate surface area is 151 Å². The maximum atomic E-state index is 12.7. The molecular formula is C18H32ClN3O2. The maximum absolute atomic E-state index is 12.7. The molecule has 5 nitrogen and oxygen atoms in total. The number of nitrogens with zero attached hydrogens (tertiary/aromatic N) is 2. The van der Waals surface area contributed by atoms with Crippen LogP contribution in [0.3, 0.4) is 0 Å². The molecule has 0 aromatic carbocycles. The van der Waals surface area contributed by atoms with Gasteiger partial charge in [0.1, 0.15) is 0 Å². The number of rotatable bonds is 2. The van der Waals surface area contributed by atoms with Crippen LogP contribution in [0.4, 0.5) is 0 Å². The summed E-state index contributed by atoms with van der Waals surface area (Å²) in [5, 5.41) is 3.32. The van der Waals surface area contributed by atoms with E-state index in [-0.39, 0.29) is 24.2 Å². The lowest BCUT2D eigenvalue weighted by atomic mass is 9.91. The zero-order valence-corrected chi connectivity index (χ0v) is 15.7. The molecule has 0 aromatic rings. The Hall–Kier alpha value is -0.810. The third-order valence-electron chi connectivity index (χ3n) is 5.77. The van der Waals surface area contributed by atoms with Gasteiger partial charge in [-0.25, -0.2) is 0 Å². The van der Waals surface area contributed by atoms with Crippen molar-refractivity contribution in [1.29, 1.82) is 0 Å². The number of hydrogen-bond acceptors (Lipinski definition) is 3. The third kappa shape index (κ3) is 4.63. The molecule has 0 spiro atoms. The number of nitrogens with one attached hydrogen (secondary N) is 1. The number of carbonyl (C=O) groups is 2. The lowest BCUT2D eigenvalue weighted by molar-refractivity contribution is -0.143. The van der Waals surface area contributed by atoms with Crippen molar-refractivity contribution < 1.29 is 9.59 Å². The van der Waals surface area contributed by atoms with Crippen molar-refractivity contribution in [3.8, 4) is 0 Å². The third-order valence-corrected chi connectivity index (χ3v) is 5.77. The average Bonchev–Trinajstić information content (AvgIpc) is 2.61. The highest BCUT2D eigenvalue weighted by molar-refractivity contribution is 5.85. The lowest BCUT2D eigenvalue weighted by Gasteiger charge is -2.38. The topological polar surface area (TPSA) is 52.7 Å². The summed E-state index contributed by atoms with van der Waals surface area (Å²) in [4.78, 5) is 29.3. The van der Waals surface area contributed by atoms with Gasteiger partial charge in [-0.2, -0.15) is 0 Å². The highest BCUT2D eigenvalue weighted by atomic mass is 35.5. The molecule has 0 aliphatic carbocycles. The molecule has 6 heteroatoms. The van der Waals surface area contributed by atoms with Gasteiger partial charge in [0.05, 0.1) is 5.92 Å². The van der Waals surface area contributed by atoms with Crippen LogP contribution in [0.2, 0.25) is 0 Å². The van der Waals surface area contributed by atoms with Gasteiger partial charge < -0.3 is 15.1 Å². The molecule has 3 rings (SSSR count). The number of hydrogen-bond donors (Lipinski definition) is 1. The van der Waals surface area contributed by atoms with E-state index in [1.165, 1.54) is 6.42 Å². The fraction of sp³-hybridized carbons (Fsp3) is 0.889. The summed E-state index contributed by atoms with van der Waals surface area (Å²) in [7, 11) is 0. The summed E-state index contributed by atoms with van der Waals surface area (Å²) in [5.74, 6) is 1.55. The van der Waals surface area contributed by atoms with Gasteiger partial charge in [0.15, 0.2) is 0 Å². The Morgan fingerprint density at radius 2 is 1.58 bits per heavy atom. The molecule has 0 radical (unpaired) electrons. The summed E-state index contributed by atoms with van der Waals surface area (Å²) in [5.41, 5.74) is 0. The second-order valence-electron chi connectivity index (χ2n) is 7.67. The first kappa shape index (κ1) is 19.5. The second kappa shape index (κ2) is 9.04. The molecule has 0 bridgehead atoms. The number of halogens is 1. The molecule has 2 unspecified atom stereocenters. The van der Waals surface area contributed by atoms with E-state index in [4.69, 9.17) is 0 Å². The number of likely N-dealkylation sites (tertiary alicyclic amines) is 2. The fourth-order valence-electron chi connectivity index (χ4n) is 4.32. The van der Waals surface area contributed by atoms with E-state index in [0.717, 1.165) is 71.4 Å². The van der Waals surface area contributed by atoms with Crippen LogP contribution in [0.15, 0.2) is 0 Å². The molecule has 3 aliphatic rings. The standard InChI is InChI=1S/C18H31N3O2.ClH/c1-14-4-3-9-21(13-14)17(22)15-6-10-20(11-7-15)18(23)16-5-2-8-19-12-16;/h14-16,19H,2-13H2,1H3;1H. The Balaban J connectivity index is 0.00000208. The van der Waals surface area contributed by atoms with Gasteiger partial charge in [-0.1, -0.05) is 6.92 Å². The fourth-order valence-corrected chi connectivity index (χ4v) is 4.32. The van der Waals surface area contributed by atoms with Gasteiger partial charge in [-0.15, -0.1) is 12.4 Å². The minimum atomic E-state index is 0. The second-order valence-corrected chi connectivity index (χ2v) is 7.67. The monoisotopic (exact) mass is 357 g/mol. The molecule has 2 atom stereocenters. The number of piperidine rings is 3. The molecule has 138 valence electrons. The minimum absolute atomic E-state index is 0. The Morgan fingerprint density at radius 3 is 2.21 bits per heavy atom. The predicted molar refractivity (Wildman–Crippen MR) is 97.1 cm³/mol.